The lowest BCUT2D eigenvalue weighted by atomic mass is 9.74. The highest BCUT2D eigenvalue weighted by atomic mass is 35.5. The SMILES string of the molecule is O=C(N[C@H](C(=O)OC(=O)C(F)(F)F)C1(CS)CCNCC1)c1ccccc1Cl. The maximum Gasteiger partial charge on any atom is 0.491 e. The van der Waals surface area contributed by atoms with Gasteiger partial charge < -0.3 is 15.4 Å². The van der Waals surface area contributed by atoms with E-state index in [1.807, 2.05) is 0 Å². The predicted molar refractivity (Wildman–Crippen MR) is 98.2 cm³/mol. The molecule has 1 saturated heterocycles. The first-order valence-electron chi connectivity index (χ1n) is 8.30. The summed E-state index contributed by atoms with van der Waals surface area (Å²) in [6.45, 7) is 0.916. The van der Waals surface area contributed by atoms with Crippen LogP contribution in [0.15, 0.2) is 24.3 Å². The van der Waals surface area contributed by atoms with Crippen molar-refractivity contribution >= 4 is 42.1 Å². The van der Waals surface area contributed by atoms with Crippen molar-refractivity contribution in [3.05, 3.63) is 34.9 Å². The maximum absolute atomic E-state index is 12.6. The molecule has 1 atom stereocenters. The molecule has 1 aromatic rings. The average molecular weight is 439 g/mol. The van der Waals surface area contributed by atoms with Crippen molar-refractivity contribution in [2.24, 2.45) is 5.41 Å². The zero-order valence-corrected chi connectivity index (χ0v) is 16.2. The number of alkyl halides is 3. The van der Waals surface area contributed by atoms with E-state index < -0.39 is 35.5 Å². The van der Waals surface area contributed by atoms with Gasteiger partial charge in [-0.25, -0.2) is 9.59 Å². The third-order valence-corrected chi connectivity index (χ3v) is 5.54. The zero-order chi connectivity index (χ0) is 20.9. The average Bonchev–Trinajstić information content (AvgIpc) is 2.65. The van der Waals surface area contributed by atoms with E-state index in [9.17, 15) is 27.6 Å². The summed E-state index contributed by atoms with van der Waals surface area (Å²) in [5.74, 6) is -4.82. The van der Waals surface area contributed by atoms with Gasteiger partial charge in [-0.05, 0) is 43.8 Å². The largest absolute Gasteiger partial charge is 0.491 e. The van der Waals surface area contributed by atoms with Crippen molar-refractivity contribution in [2.75, 3.05) is 18.8 Å². The maximum atomic E-state index is 12.6. The topological polar surface area (TPSA) is 84.5 Å². The number of hydrogen-bond donors (Lipinski definition) is 3. The minimum absolute atomic E-state index is 0.0346. The fourth-order valence-corrected chi connectivity index (χ4v) is 3.71. The Kier molecular flexibility index (Phi) is 7.35. The number of thiol groups is 1. The molecule has 0 aliphatic carbocycles. The second-order valence-electron chi connectivity index (χ2n) is 6.36. The first kappa shape index (κ1) is 22.5. The molecule has 1 aromatic carbocycles. The van der Waals surface area contributed by atoms with Gasteiger partial charge in [0.25, 0.3) is 5.91 Å². The second kappa shape index (κ2) is 9.15. The van der Waals surface area contributed by atoms with Gasteiger partial charge in [0.1, 0.15) is 6.04 Å². The molecule has 28 heavy (non-hydrogen) atoms. The number of rotatable bonds is 5. The van der Waals surface area contributed by atoms with E-state index >= 15 is 0 Å². The fourth-order valence-electron chi connectivity index (χ4n) is 2.99. The lowest BCUT2D eigenvalue weighted by molar-refractivity contribution is -0.203. The fraction of sp³-hybridized carbons (Fsp3) is 0.471. The van der Waals surface area contributed by atoms with E-state index in [-0.39, 0.29) is 16.3 Å². The van der Waals surface area contributed by atoms with Crippen molar-refractivity contribution in [1.82, 2.24) is 10.6 Å². The van der Waals surface area contributed by atoms with Crippen LogP contribution in [0.1, 0.15) is 23.2 Å². The molecule has 2 rings (SSSR count). The number of carbonyl (C=O) groups excluding carboxylic acids is 3. The predicted octanol–water partition coefficient (Wildman–Crippen LogP) is 2.37. The molecule has 1 amide bonds. The monoisotopic (exact) mass is 438 g/mol. The highest BCUT2D eigenvalue weighted by Crippen LogP contribution is 2.35. The van der Waals surface area contributed by atoms with Crippen LogP contribution >= 0.6 is 24.2 Å². The number of esters is 2. The van der Waals surface area contributed by atoms with Crippen LogP contribution < -0.4 is 10.6 Å². The number of benzene rings is 1. The molecule has 1 heterocycles. The van der Waals surface area contributed by atoms with Crippen LogP contribution in [0.5, 0.6) is 0 Å². The molecule has 0 spiro atoms. The van der Waals surface area contributed by atoms with Gasteiger partial charge in [-0.1, -0.05) is 23.7 Å². The molecule has 0 unspecified atom stereocenters. The van der Waals surface area contributed by atoms with Crippen LogP contribution in [0.25, 0.3) is 0 Å². The van der Waals surface area contributed by atoms with E-state index in [2.05, 4.69) is 28.0 Å². The molecule has 0 saturated carbocycles. The number of amides is 1. The molecular weight excluding hydrogens is 421 g/mol. The number of hydrogen-bond acceptors (Lipinski definition) is 6. The van der Waals surface area contributed by atoms with Crippen LogP contribution in [0.2, 0.25) is 5.02 Å². The Morgan fingerprint density at radius 1 is 1.25 bits per heavy atom. The molecule has 1 fully saturated rings. The Balaban J connectivity index is 2.33. The Hall–Kier alpha value is -1.78. The van der Waals surface area contributed by atoms with Crippen LogP contribution in [0.4, 0.5) is 13.2 Å². The number of ether oxygens (including phenoxy) is 1. The van der Waals surface area contributed by atoms with Gasteiger partial charge in [0, 0.05) is 5.41 Å². The first-order valence-corrected chi connectivity index (χ1v) is 9.31. The lowest BCUT2D eigenvalue weighted by Crippen LogP contribution is -2.58. The molecule has 1 aliphatic heterocycles. The summed E-state index contributed by atoms with van der Waals surface area (Å²) in [4.78, 5) is 36.2. The molecule has 0 bridgehead atoms. The quantitative estimate of drug-likeness (QED) is 0.373. The van der Waals surface area contributed by atoms with Crippen LogP contribution in [0, 0.1) is 5.41 Å². The minimum atomic E-state index is -5.34. The number of piperidine rings is 1. The van der Waals surface area contributed by atoms with E-state index in [0.717, 1.165) is 0 Å². The molecule has 6 nitrogen and oxygen atoms in total. The number of carbonyl (C=O) groups is 3. The van der Waals surface area contributed by atoms with Gasteiger partial charge >= 0.3 is 18.1 Å². The normalized spacial score (nSPS) is 17.5. The Morgan fingerprint density at radius 2 is 1.86 bits per heavy atom. The van der Waals surface area contributed by atoms with Crippen LogP contribution in [-0.4, -0.2) is 48.9 Å². The van der Waals surface area contributed by atoms with Crippen molar-refractivity contribution in [3.8, 4) is 0 Å². The van der Waals surface area contributed by atoms with Gasteiger partial charge in [-0.2, -0.15) is 25.8 Å². The third-order valence-electron chi connectivity index (χ3n) is 4.58. The van der Waals surface area contributed by atoms with Crippen molar-refractivity contribution in [2.45, 2.75) is 25.1 Å². The molecule has 2 N–H and O–H groups in total. The van der Waals surface area contributed by atoms with E-state index in [0.29, 0.717) is 25.9 Å². The summed E-state index contributed by atoms with van der Waals surface area (Å²) < 4.78 is 41.6. The molecular formula is C17H18ClF3N2O4S. The minimum Gasteiger partial charge on any atom is -0.385 e. The van der Waals surface area contributed by atoms with E-state index in [1.54, 1.807) is 12.1 Å². The van der Waals surface area contributed by atoms with E-state index in [1.165, 1.54) is 12.1 Å². The number of nitrogens with one attached hydrogen (secondary N) is 2. The second-order valence-corrected chi connectivity index (χ2v) is 7.09. The molecule has 0 radical (unpaired) electrons. The van der Waals surface area contributed by atoms with Crippen molar-refractivity contribution in [3.63, 3.8) is 0 Å². The van der Waals surface area contributed by atoms with Gasteiger partial charge in [0.05, 0.1) is 10.6 Å². The van der Waals surface area contributed by atoms with Crippen molar-refractivity contribution < 1.29 is 32.3 Å². The first-order chi connectivity index (χ1) is 13.1. The van der Waals surface area contributed by atoms with E-state index in [4.69, 9.17) is 11.6 Å². The van der Waals surface area contributed by atoms with Crippen molar-refractivity contribution in [1.29, 1.82) is 0 Å². The van der Waals surface area contributed by atoms with Gasteiger partial charge in [0.15, 0.2) is 0 Å². The summed E-state index contributed by atoms with van der Waals surface area (Å²) in [6.07, 6.45) is -4.67. The van der Waals surface area contributed by atoms with Crippen LogP contribution in [-0.2, 0) is 14.3 Å². The Morgan fingerprint density at radius 3 is 2.39 bits per heavy atom. The smallest absolute Gasteiger partial charge is 0.385 e. The summed E-state index contributed by atoms with van der Waals surface area (Å²) >= 11 is 10.2. The molecule has 1 aliphatic rings. The highest BCUT2D eigenvalue weighted by molar-refractivity contribution is 7.80. The van der Waals surface area contributed by atoms with Crippen LogP contribution in [0.3, 0.4) is 0 Å². The molecule has 11 heteroatoms. The third kappa shape index (κ3) is 5.18. The lowest BCUT2D eigenvalue weighted by Gasteiger charge is -2.41. The molecule has 154 valence electrons. The summed E-state index contributed by atoms with van der Waals surface area (Å²) in [6, 6.07) is 4.48. The highest BCUT2D eigenvalue weighted by Gasteiger charge is 2.49. The van der Waals surface area contributed by atoms with Gasteiger partial charge in [0.2, 0.25) is 0 Å². The number of halogens is 4. The standard InChI is InChI=1S/C17H18ClF3N2O4S/c18-11-4-2-1-3-10(11)13(24)23-12(14(25)27-15(26)17(19,20)21)16(9-28)5-7-22-8-6-16/h1-4,12,22,28H,5-9H2,(H,23,24)/t12-/m1/s1. The Labute approximate surface area is 169 Å². The molecule has 0 aromatic heterocycles. The van der Waals surface area contributed by atoms with Gasteiger partial charge in [-0.15, -0.1) is 0 Å². The Bertz CT molecular complexity index is 754. The zero-order valence-electron chi connectivity index (χ0n) is 14.5. The summed E-state index contributed by atoms with van der Waals surface area (Å²) in [5, 5.41) is 5.56. The van der Waals surface area contributed by atoms with Gasteiger partial charge in [-0.3, -0.25) is 4.79 Å². The summed E-state index contributed by atoms with van der Waals surface area (Å²) in [7, 11) is 0. The summed E-state index contributed by atoms with van der Waals surface area (Å²) in [5.41, 5.74) is -0.957.